The van der Waals surface area contributed by atoms with Crippen molar-refractivity contribution in [2.24, 2.45) is 5.92 Å². The number of rotatable bonds is 6. The highest BCUT2D eigenvalue weighted by molar-refractivity contribution is 5.77. The molecule has 2 rings (SSSR count). The maximum atomic E-state index is 11.9. The first-order valence-electron chi connectivity index (χ1n) is 7.27. The fourth-order valence-corrected chi connectivity index (χ4v) is 2.62. The van der Waals surface area contributed by atoms with Gasteiger partial charge in [-0.05, 0) is 36.8 Å². The number of likely N-dealkylation sites (tertiary alicyclic amines) is 1. The van der Waals surface area contributed by atoms with Gasteiger partial charge in [-0.3, -0.25) is 4.79 Å². The van der Waals surface area contributed by atoms with Gasteiger partial charge in [-0.15, -0.1) is 0 Å². The van der Waals surface area contributed by atoms with Gasteiger partial charge in [0.15, 0.2) is 0 Å². The zero-order valence-electron chi connectivity index (χ0n) is 12.0. The molecule has 0 aromatic heterocycles. The van der Waals surface area contributed by atoms with E-state index in [1.165, 1.54) is 5.56 Å². The lowest BCUT2D eigenvalue weighted by Crippen LogP contribution is -2.32. The zero-order valence-corrected chi connectivity index (χ0v) is 12.0. The number of hydrogen-bond acceptors (Lipinski definition) is 3. The third-order valence-electron chi connectivity index (χ3n) is 3.80. The predicted octanol–water partition coefficient (Wildman–Crippen LogP) is 1.61. The summed E-state index contributed by atoms with van der Waals surface area (Å²) in [6.07, 6.45) is 2.05. The molecule has 1 aromatic carbocycles. The van der Waals surface area contributed by atoms with E-state index in [2.05, 4.69) is 12.1 Å². The van der Waals surface area contributed by atoms with Crippen molar-refractivity contribution in [1.29, 1.82) is 0 Å². The summed E-state index contributed by atoms with van der Waals surface area (Å²) in [4.78, 5) is 13.8. The van der Waals surface area contributed by atoms with E-state index < -0.39 is 0 Å². The second-order valence-corrected chi connectivity index (χ2v) is 5.31. The Morgan fingerprint density at radius 1 is 1.35 bits per heavy atom. The van der Waals surface area contributed by atoms with Crippen LogP contribution in [0.25, 0.3) is 0 Å². The Hall–Kier alpha value is -1.39. The van der Waals surface area contributed by atoms with Crippen molar-refractivity contribution < 1.29 is 14.6 Å². The number of ether oxygens (including phenoxy) is 1. The third kappa shape index (κ3) is 4.05. The molecule has 0 spiro atoms. The van der Waals surface area contributed by atoms with Crippen molar-refractivity contribution in [3.63, 3.8) is 0 Å². The van der Waals surface area contributed by atoms with Crippen LogP contribution in [-0.4, -0.2) is 42.2 Å². The van der Waals surface area contributed by atoms with Crippen LogP contribution in [-0.2, 0) is 22.6 Å². The van der Waals surface area contributed by atoms with E-state index in [0.29, 0.717) is 12.5 Å². The van der Waals surface area contributed by atoms with E-state index >= 15 is 0 Å². The van der Waals surface area contributed by atoms with Crippen molar-refractivity contribution in [1.82, 2.24) is 4.90 Å². The molecule has 4 heteroatoms. The summed E-state index contributed by atoms with van der Waals surface area (Å²) in [6.45, 7) is 4.44. The smallest absolute Gasteiger partial charge is 0.248 e. The van der Waals surface area contributed by atoms with E-state index in [-0.39, 0.29) is 19.1 Å². The van der Waals surface area contributed by atoms with Gasteiger partial charge < -0.3 is 14.7 Å². The van der Waals surface area contributed by atoms with Crippen molar-refractivity contribution in [2.75, 3.05) is 26.3 Å². The van der Waals surface area contributed by atoms with Gasteiger partial charge in [0.1, 0.15) is 6.61 Å². The van der Waals surface area contributed by atoms with Gasteiger partial charge in [-0.2, -0.15) is 0 Å². The van der Waals surface area contributed by atoms with Crippen LogP contribution < -0.4 is 0 Å². The second-order valence-electron chi connectivity index (χ2n) is 5.31. The third-order valence-corrected chi connectivity index (χ3v) is 3.80. The molecule has 1 fully saturated rings. The molecule has 1 atom stereocenters. The Balaban J connectivity index is 1.81. The van der Waals surface area contributed by atoms with Crippen molar-refractivity contribution in [2.45, 2.75) is 26.4 Å². The number of carbonyl (C=O) groups excluding carboxylic acids is 1. The summed E-state index contributed by atoms with van der Waals surface area (Å²) in [7, 11) is 0. The van der Waals surface area contributed by atoms with E-state index in [1.807, 2.05) is 24.0 Å². The summed E-state index contributed by atoms with van der Waals surface area (Å²) in [5, 5.41) is 9.02. The van der Waals surface area contributed by atoms with Gasteiger partial charge in [-0.25, -0.2) is 0 Å². The molecule has 1 heterocycles. The average Bonchev–Trinajstić information content (AvgIpc) is 2.94. The highest BCUT2D eigenvalue weighted by Gasteiger charge is 2.26. The molecule has 1 aliphatic heterocycles. The lowest BCUT2D eigenvalue weighted by molar-refractivity contribution is -0.135. The number of amides is 1. The minimum Gasteiger partial charge on any atom is -0.392 e. The first-order chi connectivity index (χ1) is 9.72. The molecular weight excluding hydrogens is 254 g/mol. The molecule has 0 bridgehead atoms. The van der Waals surface area contributed by atoms with Crippen LogP contribution >= 0.6 is 0 Å². The summed E-state index contributed by atoms with van der Waals surface area (Å²) in [6, 6.07) is 8.05. The van der Waals surface area contributed by atoms with Crippen LogP contribution in [0.4, 0.5) is 0 Å². The van der Waals surface area contributed by atoms with E-state index in [0.717, 1.165) is 31.5 Å². The van der Waals surface area contributed by atoms with Gasteiger partial charge in [0.2, 0.25) is 5.91 Å². The van der Waals surface area contributed by atoms with Crippen LogP contribution in [0.15, 0.2) is 24.3 Å². The maximum absolute atomic E-state index is 11.9. The Bertz CT molecular complexity index is 430. The van der Waals surface area contributed by atoms with E-state index in [4.69, 9.17) is 9.84 Å². The molecule has 0 aliphatic carbocycles. The summed E-state index contributed by atoms with van der Waals surface area (Å²) in [5.41, 5.74) is 2.21. The SMILES string of the molecule is CCOCC(=O)N1CCC(Cc2ccc(CO)cc2)C1. The molecule has 1 unspecified atom stereocenters. The molecule has 4 nitrogen and oxygen atoms in total. The number of aliphatic hydroxyl groups is 1. The normalized spacial score (nSPS) is 18.5. The fourth-order valence-electron chi connectivity index (χ4n) is 2.62. The Morgan fingerprint density at radius 2 is 2.05 bits per heavy atom. The highest BCUT2D eigenvalue weighted by atomic mass is 16.5. The standard InChI is InChI=1S/C16H23NO3/c1-2-20-12-16(19)17-8-7-15(10-17)9-13-3-5-14(11-18)6-4-13/h3-6,15,18H,2,7-12H2,1H3. The van der Waals surface area contributed by atoms with Crippen molar-refractivity contribution in [3.05, 3.63) is 35.4 Å². The quantitative estimate of drug-likeness (QED) is 0.859. The molecule has 1 amide bonds. The van der Waals surface area contributed by atoms with Crippen molar-refractivity contribution >= 4 is 5.91 Å². The lowest BCUT2D eigenvalue weighted by Gasteiger charge is -2.16. The van der Waals surface area contributed by atoms with Crippen molar-refractivity contribution in [3.8, 4) is 0 Å². The van der Waals surface area contributed by atoms with Crippen LogP contribution in [0, 0.1) is 5.92 Å². The fraction of sp³-hybridized carbons (Fsp3) is 0.562. The first kappa shape index (κ1) is 15.0. The minimum absolute atomic E-state index is 0.0867. The summed E-state index contributed by atoms with van der Waals surface area (Å²) < 4.78 is 5.17. The zero-order chi connectivity index (χ0) is 14.4. The summed E-state index contributed by atoms with van der Waals surface area (Å²) >= 11 is 0. The highest BCUT2D eigenvalue weighted by Crippen LogP contribution is 2.21. The number of benzene rings is 1. The van der Waals surface area contributed by atoms with Gasteiger partial charge >= 0.3 is 0 Å². The van der Waals surface area contributed by atoms with E-state index in [9.17, 15) is 4.79 Å². The Morgan fingerprint density at radius 3 is 2.70 bits per heavy atom. The van der Waals surface area contributed by atoms with Crippen LogP contribution in [0.3, 0.4) is 0 Å². The molecule has 1 N–H and O–H groups in total. The van der Waals surface area contributed by atoms with Crippen LogP contribution in [0.5, 0.6) is 0 Å². The van der Waals surface area contributed by atoms with Gasteiger partial charge in [0.25, 0.3) is 0 Å². The molecule has 1 saturated heterocycles. The van der Waals surface area contributed by atoms with Gasteiger partial charge in [0.05, 0.1) is 6.61 Å². The molecular formula is C16H23NO3. The maximum Gasteiger partial charge on any atom is 0.248 e. The monoisotopic (exact) mass is 277 g/mol. The topological polar surface area (TPSA) is 49.8 Å². The summed E-state index contributed by atoms with van der Waals surface area (Å²) in [5.74, 6) is 0.630. The Labute approximate surface area is 120 Å². The largest absolute Gasteiger partial charge is 0.392 e. The number of carbonyl (C=O) groups is 1. The molecule has 110 valence electrons. The molecule has 1 aliphatic rings. The second kappa shape index (κ2) is 7.41. The van der Waals surface area contributed by atoms with E-state index in [1.54, 1.807) is 0 Å². The van der Waals surface area contributed by atoms with Gasteiger partial charge in [0, 0.05) is 19.7 Å². The predicted molar refractivity (Wildman–Crippen MR) is 77.2 cm³/mol. The number of aliphatic hydroxyl groups excluding tert-OH is 1. The lowest BCUT2D eigenvalue weighted by atomic mass is 9.98. The average molecular weight is 277 g/mol. The molecule has 0 saturated carbocycles. The van der Waals surface area contributed by atoms with Crippen LogP contribution in [0.2, 0.25) is 0 Å². The molecule has 1 aromatic rings. The number of hydrogen-bond donors (Lipinski definition) is 1. The molecule has 0 radical (unpaired) electrons. The Kier molecular flexibility index (Phi) is 5.56. The minimum atomic E-state index is 0.0867. The van der Waals surface area contributed by atoms with Crippen LogP contribution in [0.1, 0.15) is 24.5 Å². The van der Waals surface area contributed by atoms with Gasteiger partial charge in [-0.1, -0.05) is 24.3 Å². The number of nitrogens with zero attached hydrogens (tertiary/aromatic N) is 1. The molecule has 20 heavy (non-hydrogen) atoms. The first-order valence-corrected chi connectivity index (χ1v) is 7.27.